The molecule has 0 saturated carbocycles. The van der Waals surface area contributed by atoms with Crippen LogP contribution in [0.3, 0.4) is 0 Å². The van der Waals surface area contributed by atoms with Crippen LogP contribution in [-0.4, -0.2) is 4.57 Å². The van der Waals surface area contributed by atoms with Crippen molar-refractivity contribution in [3.63, 3.8) is 0 Å². The van der Waals surface area contributed by atoms with Crippen LogP contribution in [0.5, 0.6) is 0 Å². The predicted octanol–water partition coefficient (Wildman–Crippen LogP) is 3.36. The number of aromatic nitrogens is 1. The molecule has 19 heavy (non-hydrogen) atoms. The van der Waals surface area contributed by atoms with Crippen LogP contribution in [0.25, 0.3) is 11.1 Å². The second-order valence-electron chi connectivity index (χ2n) is 4.47. The first kappa shape index (κ1) is 12.1. The molecule has 0 saturated heterocycles. The molecule has 0 aliphatic rings. The highest BCUT2D eigenvalue weighted by molar-refractivity contribution is 6.22. The second kappa shape index (κ2) is 4.31. The van der Waals surface area contributed by atoms with E-state index in [9.17, 15) is 4.79 Å². The molecular weight excluding hydrogens is 266 g/mol. The smallest absolute Gasteiger partial charge is 0.419 e. The fourth-order valence-corrected chi connectivity index (χ4v) is 2.32. The maximum absolute atomic E-state index is 11.4. The summed E-state index contributed by atoms with van der Waals surface area (Å²) in [7, 11) is 1.67. The Kier molecular flexibility index (Phi) is 2.75. The first-order valence-corrected chi connectivity index (χ1v) is 6.30. The van der Waals surface area contributed by atoms with E-state index in [1.165, 1.54) is 4.57 Å². The number of benzene rings is 1. The van der Waals surface area contributed by atoms with Gasteiger partial charge < -0.3 is 8.83 Å². The van der Waals surface area contributed by atoms with Crippen molar-refractivity contribution >= 4 is 22.7 Å². The highest BCUT2D eigenvalue weighted by Gasteiger charge is 2.16. The third-order valence-corrected chi connectivity index (χ3v) is 3.59. The lowest BCUT2D eigenvalue weighted by Gasteiger charge is -2.06. The standard InChI is InChI=1S/C14H12ClNO3/c1-8-3-6-11(18-8)13(15)9-4-5-10-12(7-9)19-14(17)16(10)2/h3-7,13H,1-2H3. The Morgan fingerprint density at radius 1 is 1.21 bits per heavy atom. The molecule has 1 atom stereocenters. The van der Waals surface area contributed by atoms with Crippen molar-refractivity contribution in [2.45, 2.75) is 12.3 Å². The molecule has 0 aliphatic carbocycles. The molecule has 2 heterocycles. The highest BCUT2D eigenvalue weighted by atomic mass is 35.5. The Morgan fingerprint density at radius 2 is 2.00 bits per heavy atom. The van der Waals surface area contributed by atoms with Gasteiger partial charge >= 0.3 is 5.76 Å². The number of aryl methyl sites for hydroxylation is 2. The molecule has 4 nitrogen and oxygen atoms in total. The maximum atomic E-state index is 11.4. The summed E-state index contributed by atoms with van der Waals surface area (Å²) in [5.41, 5.74) is 2.10. The van der Waals surface area contributed by atoms with E-state index in [1.54, 1.807) is 13.1 Å². The number of hydrogen-bond donors (Lipinski definition) is 0. The van der Waals surface area contributed by atoms with Gasteiger partial charge in [0.1, 0.15) is 16.9 Å². The van der Waals surface area contributed by atoms with Crippen molar-refractivity contribution in [2.24, 2.45) is 7.05 Å². The molecule has 0 N–H and O–H groups in total. The van der Waals surface area contributed by atoms with Gasteiger partial charge in [-0.05, 0) is 36.8 Å². The quantitative estimate of drug-likeness (QED) is 0.675. The van der Waals surface area contributed by atoms with Gasteiger partial charge in [-0.25, -0.2) is 4.79 Å². The van der Waals surface area contributed by atoms with Crippen LogP contribution in [0.1, 0.15) is 22.5 Å². The van der Waals surface area contributed by atoms with Crippen LogP contribution in [0.4, 0.5) is 0 Å². The average molecular weight is 278 g/mol. The summed E-state index contributed by atoms with van der Waals surface area (Å²) < 4.78 is 12.1. The first-order valence-electron chi connectivity index (χ1n) is 5.86. The Labute approximate surface area is 114 Å². The number of oxazole rings is 1. The number of furan rings is 1. The minimum Gasteiger partial charge on any atom is -0.464 e. The molecule has 0 bridgehead atoms. The summed E-state index contributed by atoms with van der Waals surface area (Å²) in [6.07, 6.45) is 0. The average Bonchev–Trinajstić information content (AvgIpc) is 2.94. The van der Waals surface area contributed by atoms with Crippen LogP contribution >= 0.6 is 11.6 Å². The molecule has 2 aromatic heterocycles. The molecular formula is C14H12ClNO3. The summed E-state index contributed by atoms with van der Waals surface area (Å²) in [4.78, 5) is 11.4. The van der Waals surface area contributed by atoms with Crippen LogP contribution in [0.2, 0.25) is 0 Å². The van der Waals surface area contributed by atoms with Crippen molar-refractivity contribution in [2.75, 3.05) is 0 Å². The monoisotopic (exact) mass is 277 g/mol. The molecule has 0 aliphatic heterocycles. The summed E-state index contributed by atoms with van der Waals surface area (Å²) in [5.74, 6) is 1.11. The van der Waals surface area contributed by atoms with Crippen LogP contribution in [-0.2, 0) is 7.05 Å². The molecule has 0 radical (unpaired) electrons. The zero-order chi connectivity index (χ0) is 13.6. The lowest BCUT2D eigenvalue weighted by Crippen LogP contribution is -2.08. The molecule has 0 amide bonds. The minimum absolute atomic E-state index is 0.382. The Bertz CT molecular complexity index is 796. The second-order valence-corrected chi connectivity index (χ2v) is 4.90. The van der Waals surface area contributed by atoms with E-state index in [2.05, 4.69) is 0 Å². The van der Waals surface area contributed by atoms with E-state index in [0.29, 0.717) is 11.3 Å². The van der Waals surface area contributed by atoms with Gasteiger partial charge in [-0.15, -0.1) is 11.6 Å². The Balaban J connectivity index is 2.08. The number of fused-ring (bicyclic) bond motifs is 1. The van der Waals surface area contributed by atoms with Crippen molar-refractivity contribution < 1.29 is 8.83 Å². The highest BCUT2D eigenvalue weighted by Crippen LogP contribution is 2.31. The van der Waals surface area contributed by atoms with Crippen LogP contribution in [0.15, 0.2) is 44.0 Å². The van der Waals surface area contributed by atoms with Crippen molar-refractivity contribution in [1.29, 1.82) is 0 Å². The fraction of sp³-hybridized carbons (Fsp3) is 0.214. The fourth-order valence-electron chi connectivity index (χ4n) is 2.06. The van der Waals surface area contributed by atoms with Gasteiger partial charge in [0.25, 0.3) is 0 Å². The number of alkyl halides is 1. The topological polar surface area (TPSA) is 48.3 Å². The molecule has 98 valence electrons. The first-order chi connectivity index (χ1) is 9.06. The third-order valence-electron chi connectivity index (χ3n) is 3.12. The van der Waals surface area contributed by atoms with E-state index in [-0.39, 0.29) is 5.76 Å². The number of hydrogen-bond acceptors (Lipinski definition) is 3. The van der Waals surface area contributed by atoms with Gasteiger partial charge in [0.15, 0.2) is 5.58 Å². The molecule has 5 heteroatoms. The lowest BCUT2D eigenvalue weighted by atomic mass is 10.1. The molecule has 1 unspecified atom stereocenters. The van der Waals surface area contributed by atoms with Gasteiger partial charge in [0, 0.05) is 7.05 Å². The van der Waals surface area contributed by atoms with E-state index in [1.807, 2.05) is 31.2 Å². The van der Waals surface area contributed by atoms with Crippen molar-refractivity contribution in [3.8, 4) is 0 Å². The normalized spacial score (nSPS) is 13.0. The Hall–Kier alpha value is -1.94. The SMILES string of the molecule is Cc1ccc(C(Cl)c2ccc3c(c2)oc(=O)n3C)o1. The molecule has 0 spiro atoms. The van der Waals surface area contributed by atoms with Gasteiger partial charge in [0.05, 0.1) is 5.52 Å². The van der Waals surface area contributed by atoms with Crippen LogP contribution in [0, 0.1) is 6.92 Å². The molecule has 1 aromatic carbocycles. The van der Waals surface area contributed by atoms with Gasteiger partial charge in [-0.3, -0.25) is 4.57 Å². The van der Waals surface area contributed by atoms with Crippen molar-refractivity contribution in [1.82, 2.24) is 4.57 Å². The zero-order valence-corrected chi connectivity index (χ0v) is 11.3. The Morgan fingerprint density at radius 3 is 2.68 bits per heavy atom. The van der Waals surface area contributed by atoms with Gasteiger partial charge in [0.2, 0.25) is 0 Å². The van der Waals surface area contributed by atoms with E-state index in [4.69, 9.17) is 20.4 Å². The number of halogens is 1. The van der Waals surface area contributed by atoms with E-state index in [0.717, 1.165) is 16.8 Å². The zero-order valence-electron chi connectivity index (χ0n) is 10.5. The summed E-state index contributed by atoms with van der Waals surface area (Å²) in [6, 6.07) is 9.17. The number of nitrogens with zero attached hydrogens (tertiary/aromatic N) is 1. The predicted molar refractivity (Wildman–Crippen MR) is 72.6 cm³/mol. The summed E-state index contributed by atoms with van der Waals surface area (Å²) in [5, 5.41) is -0.399. The lowest BCUT2D eigenvalue weighted by molar-refractivity contribution is 0.489. The van der Waals surface area contributed by atoms with Crippen molar-refractivity contribution in [3.05, 3.63) is 58.0 Å². The molecule has 0 fully saturated rings. The number of rotatable bonds is 2. The van der Waals surface area contributed by atoms with E-state index < -0.39 is 5.38 Å². The third kappa shape index (κ3) is 1.98. The largest absolute Gasteiger partial charge is 0.464 e. The molecule has 3 aromatic rings. The molecule has 3 rings (SSSR count). The van der Waals surface area contributed by atoms with E-state index >= 15 is 0 Å². The summed E-state index contributed by atoms with van der Waals surface area (Å²) in [6.45, 7) is 1.87. The minimum atomic E-state index is -0.399. The van der Waals surface area contributed by atoms with Crippen LogP contribution < -0.4 is 5.76 Å². The maximum Gasteiger partial charge on any atom is 0.419 e. The van der Waals surface area contributed by atoms with Gasteiger partial charge in [-0.1, -0.05) is 6.07 Å². The summed E-state index contributed by atoms with van der Waals surface area (Å²) >= 11 is 6.37. The van der Waals surface area contributed by atoms with Gasteiger partial charge in [-0.2, -0.15) is 0 Å².